The largest absolute Gasteiger partial charge is 0.276 e. The highest BCUT2D eigenvalue weighted by Gasteiger charge is 2.21. The van der Waals surface area contributed by atoms with E-state index in [1.807, 2.05) is 6.92 Å². The van der Waals surface area contributed by atoms with E-state index < -0.39 is 15.8 Å². The van der Waals surface area contributed by atoms with Crippen LogP contribution in [0.3, 0.4) is 0 Å². The first kappa shape index (κ1) is 19.4. The Balaban J connectivity index is 1.89. The highest BCUT2D eigenvalue weighted by atomic mass is 35.5. The number of rotatable bonds is 6. The fourth-order valence-electron chi connectivity index (χ4n) is 2.66. The molecule has 1 aromatic carbocycles. The molecule has 10 heteroatoms. The number of aromatic nitrogens is 4. The monoisotopic (exact) mass is 411 g/mol. The van der Waals surface area contributed by atoms with Gasteiger partial charge in [0.2, 0.25) is 0 Å². The molecular formula is C17H19ClFN5O2S. The van der Waals surface area contributed by atoms with Crippen LogP contribution in [0, 0.1) is 19.7 Å². The maximum atomic E-state index is 13.2. The van der Waals surface area contributed by atoms with E-state index in [0.717, 1.165) is 0 Å². The van der Waals surface area contributed by atoms with Crippen molar-refractivity contribution in [3.05, 3.63) is 58.4 Å². The zero-order valence-corrected chi connectivity index (χ0v) is 16.6. The van der Waals surface area contributed by atoms with E-state index >= 15 is 0 Å². The summed E-state index contributed by atoms with van der Waals surface area (Å²) >= 11 is 6.08. The normalized spacial score (nSPS) is 11.7. The van der Waals surface area contributed by atoms with Gasteiger partial charge in [-0.25, -0.2) is 12.8 Å². The summed E-state index contributed by atoms with van der Waals surface area (Å²) in [5.41, 5.74) is 2.23. The average Bonchev–Trinajstić information content (AvgIpc) is 3.19. The molecule has 0 aliphatic carbocycles. The molecule has 144 valence electrons. The molecule has 0 aliphatic rings. The molecule has 3 rings (SSSR count). The zero-order valence-electron chi connectivity index (χ0n) is 15.1. The second kappa shape index (κ2) is 7.32. The summed E-state index contributed by atoms with van der Waals surface area (Å²) in [6.45, 7) is 6.20. The molecule has 0 saturated heterocycles. The molecule has 2 aromatic heterocycles. The van der Waals surface area contributed by atoms with Crippen molar-refractivity contribution in [2.75, 3.05) is 4.72 Å². The fourth-order valence-corrected chi connectivity index (χ4v) is 4.01. The van der Waals surface area contributed by atoms with Gasteiger partial charge in [-0.05, 0) is 38.5 Å². The number of nitrogens with one attached hydrogen (secondary N) is 1. The summed E-state index contributed by atoms with van der Waals surface area (Å²) in [6.07, 6.45) is 2.77. The molecule has 7 nitrogen and oxygen atoms in total. The smallest absolute Gasteiger partial charge is 0.265 e. The minimum Gasteiger partial charge on any atom is -0.276 e. The number of hydrogen-bond acceptors (Lipinski definition) is 4. The van der Waals surface area contributed by atoms with E-state index in [2.05, 4.69) is 14.9 Å². The molecule has 0 spiro atoms. The van der Waals surface area contributed by atoms with Crippen LogP contribution in [0.1, 0.15) is 23.9 Å². The van der Waals surface area contributed by atoms with Crippen LogP contribution >= 0.6 is 11.6 Å². The van der Waals surface area contributed by atoms with Gasteiger partial charge in [0, 0.05) is 17.8 Å². The quantitative estimate of drug-likeness (QED) is 0.674. The molecular weight excluding hydrogens is 393 g/mol. The Labute approximate surface area is 161 Å². The number of benzene rings is 1. The highest BCUT2D eigenvalue weighted by molar-refractivity contribution is 7.92. The van der Waals surface area contributed by atoms with Gasteiger partial charge in [0.1, 0.15) is 10.7 Å². The Bertz CT molecular complexity index is 1090. The molecule has 3 aromatic rings. The number of anilines is 1. The lowest BCUT2D eigenvalue weighted by molar-refractivity contribution is 0.600. The molecule has 1 N–H and O–H groups in total. The minimum absolute atomic E-state index is 0.0810. The van der Waals surface area contributed by atoms with Crippen molar-refractivity contribution in [2.24, 2.45) is 0 Å². The highest BCUT2D eigenvalue weighted by Crippen LogP contribution is 2.25. The topological polar surface area (TPSA) is 81.8 Å². The third-order valence-electron chi connectivity index (χ3n) is 4.20. The third kappa shape index (κ3) is 3.98. The van der Waals surface area contributed by atoms with Crippen LogP contribution in [-0.4, -0.2) is 28.0 Å². The first-order valence-corrected chi connectivity index (χ1v) is 10.1. The van der Waals surface area contributed by atoms with Crippen LogP contribution in [-0.2, 0) is 23.1 Å². The van der Waals surface area contributed by atoms with Crippen LogP contribution < -0.4 is 4.72 Å². The molecule has 2 heterocycles. The summed E-state index contributed by atoms with van der Waals surface area (Å²) in [4.78, 5) is 0.0810. The number of nitrogens with zero attached hydrogens (tertiary/aromatic N) is 4. The van der Waals surface area contributed by atoms with Gasteiger partial charge in [-0.1, -0.05) is 17.7 Å². The molecule has 0 radical (unpaired) electrons. The summed E-state index contributed by atoms with van der Waals surface area (Å²) < 4.78 is 44.2. The van der Waals surface area contributed by atoms with Crippen LogP contribution in [0.5, 0.6) is 0 Å². The van der Waals surface area contributed by atoms with E-state index in [-0.39, 0.29) is 9.92 Å². The molecule has 0 bridgehead atoms. The molecule has 0 aliphatic heterocycles. The number of hydrogen-bond donors (Lipinski definition) is 1. The van der Waals surface area contributed by atoms with E-state index in [0.29, 0.717) is 35.7 Å². The first-order chi connectivity index (χ1) is 12.7. The molecule has 0 atom stereocenters. The van der Waals surface area contributed by atoms with Crippen molar-refractivity contribution in [2.45, 2.75) is 38.8 Å². The molecule has 0 fully saturated rings. The lowest BCUT2D eigenvalue weighted by Crippen LogP contribution is -2.14. The molecule has 0 amide bonds. The molecule has 0 saturated carbocycles. The van der Waals surface area contributed by atoms with E-state index in [1.54, 1.807) is 24.6 Å². The van der Waals surface area contributed by atoms with E-state index in [9.17, 15) is 12.8 Å². The summed E-state index contributed by atoms with van der Waals surface area (Å²) in [7, 11) is -3.78. The second-order valence-electron chi connectivity index (χ2n) is 6.08. The molecule has 0 unspecified atom stereocenters. The predicted molar refractivity (Wildman–Crippen MR) is 101 cm³/mol. The summed E-state index contributed by atoms with van der Waals surface area (Å²) in [6, 6.07) is 4.14. The van der Waals surface area contributed by atoms with E-state index in [1.165, 1.54) is 29.2 Å². The standard InChI is InChI=1S/C17H19ClFN5O2S/c1-4-23-10-15(8-20-23)27(25,26)22-17-11(2)21-24(12(17)3)9-13-5-6-14(19)7-16(13)18/h5-8,10,22H,4,9H2,1-3H3. The maximum Gasteiger partial charge on any atom is 0.265 e. The van der Waals surface area contributed by atoms with Gasteiger partial charge in [0.05, 0.1) is 29.8 Å². The minimum atomic E-state index is -3.78. The van der Waals surface area contributed by atoms with Crippen LogP contribution in [0.15, 0.2) is 35.5 Å². The second-order valence-corrected chi connectivity index (χ2v) is 8.17. The summed E-state index contributed by atoms with van der Waals surface area (Å²) in [5.74, 6) is -0.418. The maximum absolute atomic E-state index is 13.2. The van der Waals surface area contributed by atoms with Gasteiger partial charge in [0.25, 0.3) is 10.0 Å². The Hall–Kier alpha value is -2.39. The Kier molecular flexibility index (Phi) is 5.25. The van der Waals surface area contributed by atoms with Crippen LogP contribution in [0.25, 0.3) is 0 Å². The molecule has 27 heavy (non-hydrogen) atoms. The number of sulfonamides is 1. The lowest BCUT2D eigenvalue weighted by Gasteiger charge is -2.09. The Morgan fingerprint density at radius 3 is 2.67 bits per heavy atom. The van der Waals surface area contributed by atoms with Crippen molar-refractivity contribution >= 4 is 27.3 Å². The predicted octanol–water partition coefficient (Wildman–Crippen LogP) is 3.36. The first-order valence-electron chi connectivity index (χ1n) is 8.24. The third-order valence-corrected chi connectivity index (χ3v) is 5.85. The van der Waals surface area contributed by atoms with Gasteiger partial charge >= 0.3 is 0 Å². The van der Waals surface area contributed by atoms with Crippen LogP contribution in [0.4, 0.5) is 10.1 Å². The van der Waals surface area contributed by atoms with E-state index in [4.69, 9.17) is 11.6 Å². The number of halogens is 2. The van der Waals surface area contributed by atoms with Crippen molar-refractivity contribution in [3.63, 3.8) is 0 Å². The SMILES string of the molecule is CCn1cc(S(=O)(=O)Nc2c(C)nn(Cc3ccc(F)cc3Cl)c2C)cn1. The van der Waals surface area contributed by atoms with Crippen molar-refractivity contribution in [1.29, 1.82) is 0 Å². The number of aryl methyl sites for hydroxylation is 2. The van der Waals surface area contributed by atoms with Gasteiger partial charge in [-0.15, -0.1) is 0 Å². The van der Waals surface area contributed by atoms with Gasteiger partial charge in [-0.3, -0.25) is 14.1 Å². The van der Waals surface area contributed by atoms with Gasteiger partial charge < -0.3 is 0 Å². The fraction of sp³-hybridized carbons (Fsp3) is 0.294. The van der Waals surface area contributed by atoms with Gasteiger partial charge in [-0.2, -0.15) is 10.2 Å². The summed E-state index contributed by atoms with van der Waals surface area (Å²) in [5, 5.41) is 8.67. The van der Waals surface area contributed by atoms with Gasteiger partial charge in [0.15, 0.2) is 0 Å². The van der Waals surface area contributed by atoms with Crippen molar-refractivity contribution in [3.8, 4) is 0 Å². The van der Waals surface area contributed by atoms with Crippen LogP contribution in [0.2, 0.25) is 5.02 Å². The van der Waals surface area contributed by atoms with Crippen molar-refractivity contribution < 1.29 is 12.8 Å². The Morgan fingerprint density at radius 1 is 1.30 bits per heavy atom. The van der Waals surface area contributed by atoms with Crippen molar-refractivity contribution in [1.82, 2.24) is 19.6 Å². The average molecular weight is 412 g/mol. The Morgan fingerprint density at radius 2 is 2.04 bits per heavy atom. The lowest BCUT2D eigenvalue weighted by atomic mass is 10.2. The zero-order chi connectivity index (χ0) is 19.8.